The lowest BCUT2D eigenvalue weighted by atomic mass is 10.4. The Morgan fingerprint density at radius 2 is 2.19 bits per heavy atom. The molecule has 1 heterocycles. The van der Waals surface area contributed by atoms with Gasteiger partial charge in [0.2, 0.25) is 10.0 Å². The average Bonchev–Trinajstić information content (AvgIpc) is 2.70. The van der Waals surface area contributed by atoms with Gasteiger partial charge in [-0.1, -0.05) is 0 Å². The maximum atomic E-state index is 11.4. The Hall–Kier alpha value is -0.590. The van der Waals surface area contributed by atoms with Gasteiger partial charge >= 0.3 is 0 Å². The summed E-state index contributed by atoms with van der Waals surface area (Å²) in [5.74, 6) is 0.641. The van der Waals surface area contributed by atoms with Crippen molar-refractivity contribution < 1.29 is 8.42 Å². The summed E-state index contributed by atoms with van der Waals surface area (Å²) in [5.41, 5.74) is 0. The van der Waals surface area contributed by atoms with Crippen molar-refractivity contribution in [2.75, 3.05) is 18.2 Å². The highest BCUT2D eigenvalue weighted by atomic mass is 35.5. The molecule has 1 aromatic heterocycles. The van der Waals surface area contributed by atoms with Crippen LogP contribution in [0.4, 0.5) is 0 Å². The quantitative estimate of drug-likeness (QED) is 0.559. The molecule has 0 saturated heterocycles. The van der Waals surface area contributed by atoms with Crippen LogP contribution in [0.15, 0.2) is 18.5 Å². The first kappa shape index (κ1) is 13.5. The second-order valence-electron chi connectivity index (χ2n) is 3.38. The molecule has 1 aromatic rings. The van der Waals surface area contributed by atoms with Gasteiger partial charge in [-0.05, 0) is 18.9 Å². The molecule has 1 N–H and O–H groups in total. The molecule has 0 aliphatic carbocycles. The maximum absolute atomic E-state index is 11.4. The molecule has 0 unspecified atom stereocenters. The predicted molar refractivity (Wildman–Crippen MR) is 64.0 cm³/mol. The molecule has 7 heteroatoms. The van der Waals surface area contributed by atoms with Crippen molar-refractivity contribution in [3.63, 3.8) is 0 Å². The highest BCUT2D eigenvalue weighted by Gasteiger charge is 2.08. The van der Waals surface area contributed by atoms with Crippen LogP contribution in [0.5, 0.6) is 0 Å². The SMILES string of the molecule is O=S(=O)(CCCCCl)NCCn1cccn1. The molecule has 5 nitrogen and oxygen atoms in total. The van der Waals surface area contributed by atoms with E-state index < -0.39 is 10.0 Å². The smallest absolute Gasteiger partial charge is 0.211 e. The van der Waals surface area contributed by atoms with Crippen molar-refractivity contribution in [1.82, 2.24) is 14.5 Å². The molecule has 0 spiro atoms. The Kier molecular flexibility index (Phi) is 5.79. The van der Waals surface area contributed by atoms with Crippen LogP contribution in [0, 0.1) is 0 Å². The van der Waals surface area contributed by atoms with Crippen LogP contribution >= 0.6 is 11.6 Å². The fourth-order valence-electron chi connectivity index (χ4n) is 1.21. The minimum atomic E-state index is -3.16. The number of alkyl halides is 1. The van der Waals surface area contributed by atoms with Gasteiger partial charge in [-0.15, -0.1) is 11.6 Å². The van der Waals surface area contributed by atoms with E-state index in [-0.39, 0.29) is 5.75 Å². The largest absolute Gasteiger partial charge is 0.271 e. The predicted octanol–water partition coefficient (Wildman–Crippen LogP) is 0.821. The van der Waals surface area contributed by atoms with E-state index >= 15 is 0 Å². The zero-order valence-corrected chi connectivity index (χ0v) is 10.5. The minimum absolute atomic E-state index is 0.138. The lowest BCUT2D eigenvalue weighted by Gasteiger charge is -2.06. The normalized spacial score (nSPS) is 11.8. The number of sulfonamides is 1. The van der Waals surface area contributed by atoms with Gasteiger partial charge < -0.3 is 0 Å². The van der Waals surface area contributed by atoms with Crippen molar-refractivity contribution in [2.24, 2.45) is 0 Å². The highest BCUT2D eigenvalue weighted by molar-refractivity contribution is 7.89. The van der Waals surface area contributed by atoms with Gasteiger partial charge in [0, 0.05) is 24.8 Å². The van der Waals surface area contributed by atoms with E-state index in [0.29, 0.717) is 25.4 Å². The molecule has 1 rings (SSSR count). The third-order valence-electron chi connectivity index (χ3n) is 2.02. The minimum Gasteiger partial charge on any atom is -0.271 e. The number of hydrogen-bond donors (Lipinski definition) is 1. The van der Waals surface area contributed by atoms with Crippen molar-refractivity contribution in [1.29, 1.82) is 0 Å². The number of nitrogens with zero attached hydrogens (tertiary/aromatic N) is 2. The van der Waals surface area contributed by atoms with E-state index in [1.807, 2.05) is 0 Å². The number of rotatable bonds is 8. The molecular formula is C9H16ClN3O2S. The van der Waals surface area contributed by atoms with E-state index in [1.54, 1.807) is 23.1 Å². The van der Waals surface area contributed by atoms with Crippen LogP contribution in [0.25, 0.3) is 0 Å². The Balaban J connectivity index is 2.20. The van der Waals surface area contributed by atoms with Crippen molar-refractivity contribution in [3.05, 3.63) is 18.5 Å². The molecule has 92 valence electrons. The molecule has 0 aromatic carbocycles. The maximum Gasteiger partial charge on any atom is 0.211 e. The Morgan fingerprint density at radius 1 is 1.38 bits per heavy atom. The first-order valence-electron chi connectivity index (χ1n) is 5.15. The molecule has 0 bridgehead atoms. The van der Waals surface area contributed by atoms with E-state index in [4.69, 9.17) is 11.6 Å². The van der Waals surface area contributed by atoms with E-state index in [2.05, 4.69) is 9.82 Å². The second kappa shape index (κ2) is 6.88. The summed E-state index contributed by atoms with van der Waals surface area (Å²) in [6, 6.07) is 1.80. The van der Waals surface area contributed by atoms with Crippen molar-refractivity contribution in [2.45, 2.75) is 19.4 Å². The first-order chi connectivity index (χ1) is 7.64. The van der Waals surface area contributed by atoms with Gasteiger partial charge in [-0.3, -0.25) is 4.68 Å². The van der Waals surface area contributed by atoms with Gasteiger partial charge in [0.25, 0.3) is 0 Å². The summed E-state index contributed by atoms with van der Waals surface area (Å²) >= 11 is 5.48. The zero-order chi connectivity index (χ0) is 11.9. The Morgan fingerprint density at radius 3 is 2.81 bits per heavy atom. The van der Waals surface area contributed by atoms with Gasteiger partial charge in [0.05, 0.1) is 12.3 Å². The van der Waals surface area contributed by atoms with Crippen LogP contribution in [-0.4, -0.2) is 36.4 Å². The Bertz CT molecular complexity index is 377. The number of hydrogen-bond acceptors (Lipinski definition) is 3. The summed E-state index contributed by atoms with van der Waals surface area (Å²) in [7, 11) is -3.16. The lowest BCUT2D eigenvalue weighted by Crippen LogP contribution is -2.29. The fourth-order valence-corrected chi connectivity index (χ4v) is 2.53. The molecule has 0 radical (unpaired) electrons. The monoisotopic (exact) mass is 265 g/mol. The average molecular weight is 266 g/mol. The number of aromatic nitrogens is 2. The Labute approximate surface area is 101 Å². The van der Waals surface area contributed by atoms with E-state index in [9.17, 15) is 8.42 Å². The molecule has 0 amide bonds. The summed E-state index contributed by atoms with van der Waals surface area (Å²) in [4.78, 5) is 0. The highest BCUT2D eigenvalue weighted by Crippen LogP contribution is 1.96. The van der Waals surface area contributed by atoms with Gasteiger partial charge in [0.1, 0.15) is 0 Å². The van der Waals surface area contributed by atoms with Crippen LogP contribution in [0.2, 0.25) is 0 Å². The fraction of sp³-hybridized carbons (Fsp3) is 0.667. The number of halogens is 1. The lowest BCUT2D eigenvalue weighted by molar-refractivity contribution is 0.558. The summed E-state index contributed by atoms with van der Waals surface area (Å²) in [6.45, 7) is 0.909. The van der Waals surface area contributed by atoms with Crippen LogP contribution < -0.4 is 4.72 Å². The van der Waals surface area contributed by atoms with Gasteiger partial charge in [-0.2, -0.15) is 5.10 Å². The third kappa shape index (κ3) is 5.48. The molecule has 0 aliphatic rings. The molecular weight excluding hydrogens is 250 g/mol. The molecule has 0 saturated carbocycles. The van der Waals surface area contributed by atoms with Crippen LogP contribution in [-0.2, 0) is 16.6 Å². The van der Waals surface area contributed by atoms with Gasteiger partial charge in [0.15, 0.2) is 0 Å². The van der Waals surface area contributed by atoms with E-state index in [1.165, 1.54) is 0 Å². The molecule has 0 aliphatic heterocycles. The molecule has 0 atom stereocenters. The number of unbranched alkanes of at least 4 members (excludes halogenated alkanes) is 1. The summed E-state index contributed by atoms with van der Waals surface area (Å²) in [5, 5.41) is 3.98. The van der Waals surface area contributed by atoms with Crippen molar-refractivity contribution in [3.8, 4) is 0 Å². The second-order valence-corrected chi connectivity index (χ2v) is 5.68. The van der Waals surface area contributed by atoms with Crippen LogP contribution in [0.3, 0.4) is 0 Å². The standard InChI is InChI=1S/C9H16ClN3O2S/c10-4-1-2-9-16(14,15)12-6-8-13-7-3-5-11-13/h3,5,7,12H,1-2,4,6,8-9H2. The topological polar surface area (TPSA) is 64.0 Å². The van der Waals surface area contributed by atoms with Gasteiger partial charge in [-0.25, -0.2) is 13.1 Å². The zero-order valence-electron chi connectivity index (χ0n) is 8.97. The number of nitrogens with one attached hydrogen (secondary N) is 1. The third-order valence-corrected chi connectivity index (χ3v) is 3.76. The van der Waals surface area contributed by atoms with Crippen LogP contribution in [0.1, 0.15) is 12.8 Å². The van der Waals surface area contributed by atoms with E-state index in [0.717, 1.165) is 6.42 Å². The first-order valence-corrected chi connectivity index (χ1v) is 7.33. The van der Waals surface area contributed by atoms with Crippen molar-refractivity contribution >= 4 is 21.6 Å². The molecule has 0 fully saturated rings. The summed E-state index contributed by atoms with van der Waals surface area (Å²) < 4.78 is 27.1. The molecule has 16 heavy (non-hydrogen) atoms. The summed E-state index contributed by atoms with van der Waals surface area (Å²) in [6.07, 6.45) is 4.78.